The molecule has 1 saturated heterocycles. The summed E-state index contributed by atoms with van der Waals surface area (Å²) in [6.07, 6.45) is 5.50. The number of rotatable bonds is 4. The first-order chi connectivity index (χ1) is 7.24. The van der Waals surface area contributed by atoms with Crippen LogP contribution in [0.1, 0.15) is 46.0 Å². The summed E-state index contributed by atoms with van der Waals surface area (Å²) in [6.45, 7) is 7.05. The fraction of sp³-hybridized carbons (Fsp3) is 0.917. The van der Waals surface area contributed by atoms with Crippen molar-refractivity contribution in [2.24, 2.45) is 0 Å². The van der Waals surface area contributed by atoms with Crippen LogP contribution < -0.4 is 5.32 Å². The molecule has 3 heteroatoms. The van der Waals surface area contributed by atoms with Crippen LogP contribution in [0.5, 0.6) is 0 Å². The van der Waals surface area contributed by atoms with Crippen LogP contribution in [-0.4, -0.2) is 36.5 Å². The van der Waals surface area contributed by atoms with Gasteiger partial charge in [0.15, 0.2) is 0 Å². The molecule has 1 N–H and O–H groups in total. The Balaban J connectivity index is 2.38. The highest BCUT2D eigenvalue weighted by Gasteiger charge is 2.17. The Morgan fingerprint density at radius 2 is 2.07 bits per heavy atom. The molecular formula is C12H24N2O. The zero-order valence-corrected chi connectivity index (χ0v) is 10.1. The van der Waals surface area contributed by atoms with Gasteiger partial charge in [-0.05, 0) is 26.3 Å². The molecule has 0 radical (unpaired) electrons. The summed E-state index contributed by atoms with van der Waals surface area (Å²) in [5.41, 5.74) is 0. The zero-order valence-electron chi connectivity index (χ0n) is 10.1. The summed E-state index contributed by atoms with van der Waals surface area (Å²) < 4.78 is 0. The minimum atomic E-state index is 0.347. The van der Waals surface area contributed by atoms with E-state index in [9.17, 15) is 4.79 Å². The van der Waals surface area contributed by atoms with E-state index < -0.39 is 0 Å². The zero-order chi connectivity index (χ0) is 11.1. The summed E-state index contributed by atoms with van der Waals surface area (Å²) in [4.78, 5) is 13.8. The Morgan fingerprint density at radius 3 is 2.80 bits per heavy atom. The highest BCUT2D eigenvalue weighted by molar-refractivity contribution is 5.76. The molecule has 1 aliphatic rings. The van der Waals surface area contributed by atoms with Gasteiger partial charge in [-0.25, -0.2) is 0 Å². The van der Waals surface area contributed by atoms with Gasteiger partial charge in [-0.3, -0.25) is 4.79 Å². The first kappa shape index (κ1) is 12.5. The Kier molecular flexibility index (Phi) is 5.69. The number of likely N-dealkylation sites (tertiary alicyclic amines) is 1. The van der Waals surface area contributed by atoms with E-state index in [2.05, 4.69) is 19.2 Å². The molecule has 0 aliphatic carbocycles. The van der Waals surface area contributed by atoms with Crippen molar-refractivity contribution < 1.29 is 4.79 Å². The average molecular weight is 212 g/mol. The van der Waals surface area contributed by atoms with Crippen LogP contribution in [0.2, 0.25) is 0 Å². The van der Waals surface area contributed by atoms with Gasteiger partial charge in [0.25, 0.3) is 0 Å². The van der Waals surface area contributed by atoms with E-state index in [1.54, 1.807) is 0 Å². The molecule has 0 bridgehead atoms. The topological polar surface area (TPSA) is 32.3 Å². The maximum absolute atomic E-state index is 11.8. The SMILES string of the molecule is CCNC(C)CN1CCCCCCC1=O. The molecular weight excluding hydrogens is 188 g/mol. The molecule has 15 heavy (non-hydrogen) atoms. The van der Waals surface area contributed by atoms with Crippen LogP contribution in [0, 0.1) is 0 Å². The second-order valence-electron chi connectivity index (χ2n) is 4.46. The summed E-state index contributed by atoms with van der Waals surface area (Å²) >= 11 is 0. The molecule has 3 nitrogen and oxygen atoms in total. The third kappa shape index (κ3) is 4.65. The number of hydrogen-bond donors (Lipinski definition) is 1. The van der Waals surface area contributed by atoms with Crippen molar-refractivity contribution in [3.05, 3.63) is 0 Å². The number of amides is 1. The van der Waals surface area contributed by atoms with Crippen LogP contribution in [0.15, 0.2) is 0 Å². The molecule has 1 heterocycles. The van der Waals surface area contributed by atoms with E-state index in [0.29, 0.717) is 11.9 Å². The summed E-state index contributed by atoms with van der Waals surface area (Å²) in [5.74, 6) is 0.347. The number of nitrogens with one attached hydrogen (secondary N) is 1. The lowest BCUT2D eigenvalue weighted by Crippen LogP contribution is -2.43. The van der Waals surface area contributed by atoms with Gasteiger partial charge in [-0.2, -0.15) is 0 Å². The van der Waals surface area contributed by atoms with Crippen LogP contribution in [0.3, 0.4) is 0 Å². The van der Waals surface area contributed by atoms with Crippen molar-refractivity contribution >= 4 is 5.91 Å². The van der Waals surface area contributed by atoms with Crippen LogP contribution in [-0.2, 0) is 4.79 Å². The Labute approximate surface area is 93.2 Å². The van der Waals surface area contributed by atoms with Gasteiger partial charge in [0.05, 0.1) is 0 Å². The quantitative estimate of drug-likeness (QED) is 0.770. The molecule has 1 unspecified atom stereocenters. The van der Waals surface area contributed by atoms with Crippen molar-refractivity contribution in [1.82, 2.24) is 10.2 Å². The lowest BCUT2D eigenvalue weighted by molar-refractivity contribution is -0.132. The second-order valence-corrected chi connectivity index (χ2v) is 4.46. The third-order valence-electron chi connectivity index (χ3n) is 2.97. The predicted molar refractivity (Wildman–Crippen MR) is 62.8 cm³/mol. The van der Waals surface area contributed by atoms with Crippen LogP contribution in [0.4, 0.5) is 0 Å². The molecule has 0 aromatic heterocycles. The number of likely N-dealkylation sites (N-methyl/N-ethyl adjacent to an activating group) is 1. The predicted octanol–water partition coefficient (Wildman–Crippen LogP) is 1.78. The van der Waals surface area contributed by atoms with Gasteiger partial charge in [0.2, 0.25) is 5.91 Å². The van der Waals surface area contributed by atoms with Crippen molar-refractivity contribution in [3.63, 3.8) is 0 Å². The number of carbonyl (C=O) groups is 1. The van der Waals surface area contributed by atoms with E-state index >= 15 is 0 Å². The Bertz CT molecular complexity index is 194. The first-order valence-corrected chi connectivity index (χ1v) is 6.25. The third-order valence-corrected chi connectivity index (χ3v) is 2.97. The first-order valence-electron chi connectivity index (χ1n) is 6.25. The van der Waals surface area contributed by atoms with Crippen LogP contribution in [0.25, 0.3) is 0 Å². The van der Waals surface area contributed by atoms with Gasteiger partial charge in [-0.15, -0.1) is 0 Å². The molecule has 0 aromatic carbocycles. The standard InChI is InChI=1S/C12H24N2O/c1-3-13-11(2)10-14-9-7-5-4-6-8-12(14)15/h11,13H,3-10H2,1-2H3. The van der Waals surface area contributed by atoms with Gasteiger partial charge in [0.1, 0.15) is 0 Å². The Hall–Kier alpha value is -0.570. The summed E-state index contributed by atoms with van der Waals surface area (Å²) in [5, 5.41) is 3.36. The van der Waals surface area contributed by atoms with E-state index in [-0.39, 0.29) is 0 Å². The average Bonchev–Trinajstić information content (AvgIpc) is 2.18. The molecule has 0 spiro atoms. The highest BCUT2D eigenvalue weighted by Crippen LogP contribution is 2.11. The van der Waals surface area contributed by atoms with Gasteiger partial charge >= 0.3 is 0 Å². The van der Waals surface area contributed by atoms with E-state index in [0.717, 1.165) is 32.5 Å². The molecule has 0 saturated carbocycles. The molecule has 0 aromatic rings. The van der Waals surface area contributed by atoms with Crippen LogP contribution >= 0.6 is 0 Å². The Morgan fingerprint density at radius 1 is 1.33 bits per heavy atom. The molecule has 1 amide bonds. The number of carbonyl (C=O) groups excluding carboxylic acids is 1. The number of hydrogen-bond acceptors (Lipinski definition) is 2. The van der Waals surface area contributed by atoms with Gasteiger partial charge < -0.3 is 10.2 Å². The van der Waals surface area contributed by atoms with E-state index in [4.69, 9.17) is 0 Å². The second kappa shape index (κ2) is 6.83. The monoisotopic (exact) mass is 212 g/mol. The van der Waals surface area contributed by atoms with Crippen molar-refractivity contribution in [2.75, 3.05) is 19.6 Å². The fourth-order valence-electron chi connectivity index (χ4n) is 2.15. The van der Waals surface area contributed by atoms with E-state index in [1.165, 1.54) is 19.3 Å². The molecule has 1 atom stereocenters. The number of nitrogens with zero attached hydrogens (tertiary/aromatic N) is 1. The molecule has 88 valence electrons. The maximum Gasteiger partial charge on any atom is 0.222 e. The molecule has 1 rings (SSSR count). The molecule has 1 aliphatic heterocycles. The maximum atomic E-state index is 11.8. The normalized spacial score (nSPS) is 20.9. The van der Waals surface area contributed by atoms with Crippen molar-refractivity contribution in [1.29, 1.82) is 0 Å². The smallest absolute Gasteiger partial charge is 0.222 e. The highest BCUT2D eigenvalue weighted by atomic mass is 16.2. The largest absolute Gasteiger partial charge is 0.341 e. The minimum Gasteiger partial charge on any atom is -0.341 e. The summed E-state index contributed by atoms with van der Waals surface area (Å²) in [6, 6.07) is 0.415. The van der Waals surface area contributed by atoms with E-state index in [1.807, 2.05) is 4.90 Å². The lowest BCUT2D eigenvalue weighted by atomic mass is 10.1. The van der Waals surface area contributed by atoms with Gasteiger partial charge in [0, 0.05) is 25.6 Å². The fourth-order valence-corrected chi connectivity index (χ4v) is 2.15. The lowest BCUT2D eigenvalue weighted by Gasteiger charge is -2.28. The summed E-state index contributed by atoms with van der Waals surface area (Å²) in [7, 11) is 0. The molecule has 1 fully saturated rings. The van der Waals surface area contributed by atoms with Crippen molar-refractivity contribution in [3.8, 4) is 0 Å². The minimum absolute atomic E-state index is 0.347. The van der Waals surface area contributed by atoms with Gasteiger partial charge in [-0.1, -0.05) is 19.8 Å². The van der Waals surface area contributed by atoms with Crippen molar-refractivity contribution in [2.45, 2.75) is 52.0 Å².